The maximum atomic E-state index is 13.5. The number of nitrogens with one attached hydrogen (secondary N) is 3. The van der Waals surface area contributed by atoms with E-state index >= 15 is 0 Å². The van der Waals surface area contributed by atoms with Crippen molar-refractivity contribution in [2.75, 3.05) is 50.6 Å². The van der Waals surface area contributed by atoms with E-state index in [1.807, 2.05) is 60.5 Å². The standard InChI is InChI=1S/C30H43N7O6S/c1-19-11-12-20(13-24(19)37-16-25(33-35-37)43-28(39)31-17-30(5,6)18-36(7)8)27(38)32-22-14-21(29(2,3)4)15-23(26(22)42-9)34-44(10,40)41/h11-16,34H,17-18H2,1-10H3,(H,31,39)(H,32,38). The molecule has 1 heterocycles. The Kier molecular flexibility index (Phi) is 10.3. The van der Waals surface area contributed by atoms with Gasteiger partial charge in [0.1, 0.15) is 0 Å². The molecule has 3 N–H and O–H groups in total. The molecule has 0 atom stereocenters. The van der Waals surface area contributed by atoms with E-state index in [4.69, 9.17) is 9.47 Å². The summed E-state index contributed by atoms with van der Waals surface area (Å²) in [5.74, 6) is -0.292. The monoisotopic (exact) mass is 629 g/mol. The van der Waals surface area contributed by atoms with Crippen LogP contribution in [0, 0.1) is 12.3 Å². The average Bonchev–Trinajstić information content (AvgIpc) is 3.33. The van der Waals surface area contributed by atoms with Gasteiger partial charge >= 0.3 is 6.09 Å². The summed E-state index contributed by atoms with van der Waals surface area (Å²) in [6.07, 6.45) is 1.85. The quantitative estimate of drug-likeness (QED) is 0.283. The molecule has 0 unspecified atom stereocenters. The maximum Gasteiger partial charge on any atom is 0.414 e. The summed E-state index contributed by atoms with van der Waals surface area (Å²) in [6, 6.07) is 8.48. The molecule has 0 aliphatic rings. The number of anilines is 2. The highest BCUT2D eigenvalue weighted by molar-refractivity contribution is 7.92. The summed E-state index contributed by atoms with van der Waals surface area (Å²) < 4.78 is 38.8. The topological polar surface area (TPSA) is 157 Å². The average molecular weight is 630 g/mol. The Bertz CT molecular complexity index is 1620. The van der Waals surface area contributed by atoms with Gasteiger partial charge in [0.25, 0.3) is 11.8 Å². The van der Waals surface area contributed by atoms with E-state index in [1.165, 1.54) is 18.0 Å². The third-order valence-corrected chi connectivity index (χ3v) is 7.14. The number of hydrogen-bond acceptors (Lipinski definition) is 9. The number of methoxy groups -OCH3 is 1. The SMILES string of the molecule is COc1c(NC(=O)c2ccc(C)c(-n3cc(OC(=O)NCC(C)(C)CN(C)C)nn3)c2)cc(C(C)(C)C)cc1NS(C)(=O)=O. The normalized spacial score (nSPS) is 12.2. The van der Waals surface area contributed by atoms with Crippen LogP contribution in [0.2, 0.25) is 0 Å². The second-order valence-electron chi connectivity index (χ2n) is 12.8. The van der Waals surface area contributed by atoms with Crippen molar-refractivity contribution in [1.29, 1.82) is 0 Å². The molecule has 240 valence electrons. The number of rotatable bonds is 11. The predicted octanol–water partition coefficient (Wildman–Crippen LogP) is 4.18. The Hall–Kier alpha value is -4.17. The number of aryl methyl sites for hydroxylation is 1. The first-order valence-electron chi connectivity index (χ1n) is 13.9. The highest BCUT2D eigenvalue weighted by Crippen LogP contribution is 2.39. The molecule has 0 aliphatic heterocycles. The zero-order valence-electron chi connectivity index (χ0n) is 27.0. The molecule has 3 rings (SSSR count). The summed E-state index contributed by atoms with van der Waals surface area (Å²) in [6.45, 7) is 13.0. The van der Waals surface area contributed by atoms with Gasteiger partial charge in [-0.05, 0) is 67.2 Å². The van der Waals surface area contributed by atoms with Crippen molar-refractivity contribution in [1.82, 2.24) is 25.2 Å². The number of hydrogen-bond donors (Lipinski definition) is 3. The summed E-state index contributed by atoms with van der Waals surface area (Å²) in [5, 5.41) is 13.7. The first-order valence-corrected chi connectivity index (χ1v) is 15.8. The van der Waals surface area contributed by atoms with Crippen LogP contribution in [0.15, 0.2) is 36.5 Å². The Balaban J connectivity index is 1.84. The molecule has 2 amide bonds. The van der Waals surface area contributed by atoms with Crippen molar-refractivity contribution in [3.05, 3.63) is 53.2 Å². The molecule has 0 bridgehead atoms. The Morgan fingerprint density at radius 1 is 1.05 bits per heavy atom. The first-order chi connectivity index (χ1) is 20.3. The van der Waals surface area contributed by atoms with Crippen LogP contribution in [0.4, 0.5) is 16.2 Å². The van der Waals surface area contributed by atoms with Crippen LogP contribution in [-0.4, -0.2) is 80.9 Å². The summed E-state index contributed by atoms with van der Waals surface area (Å²) >= 11 is 0. The van der Waals surface area contributed by atoms with Gasteiger partial charge in [0.15, 0.2) is 5.75 Å². The van der Waals surface area contributed by atoms with Crippen molar-refractivity contribution in [3.8, 4) is 17.3 Å². The van der Waals surface area contributed by atoms with Crippen LogP contribution in [0.5, 0.6) is 11.6 Å². The van der Waals surface area contributed by atoms with Crippen molar-refractivity contribution in [3.63, 3.8) is 0 Å². The number of benzene rings is 2. The van der Waals surface area contributed by atoms with Crippen LogP contribution in [-0.2, 0) is 15.4 Å². The molecule has 3 aromatic rings. The van der Waals surface area contributed by atoms with E-state index in [-0.39, 0.29) is 28.1 Å². The second kappa shape index (κ2) is 13.2. The van der Waals surface area contributed by atoms with Gasteiger partial charge in [-0.3, -0.25) is 9.52 Å². The third-order valence-electron chi connectivity index (χ3n) is 6.55. The first kappa shape index (κ1) is 34.3. The fraction of sp³-hybridized carbons (Fsp3) is 0.467. The minimum atomic E-state index is -3.63. The third kappa shape index (κ3) is 9.41. The lowest BCUT2D eigenvalue weighted by molar-refractivity contribution is 0.102. The van der Waals surface area contributed by atoms with E-state index in [1.54, 1.807) is 30.3 Å². The lowest BCUT2D eigenvalue weighted by Gasteiger charge is -2.28. The minimum absolute atomic E-state index is 0.00296. The maximum absolute atomic E-state index is 13.5. The van der Waals surface area contributed by atoms with E-state index in [0.29, 0.717) is 23.5 Å². The highest BCUT2D eigenvalue weighted by Gasteiger charge is 2.24. The van der Waals surface area contributed by atoms with E-state index in [9.17, 15) is 18.0 Å². The zero-order valence-corrected chi connectivity index (χ0v) is 27.8. The number of nitrogens with zero attached hydrogens (tertiary/aromatic N) is 4. The number of sulfonamides is 1. The van der Waals surface area contributed by atoms with Crippen LogP contribution >= 0.6 is 0 Å². The number of carbonyl (C=O) groups is 2. The lowest BCUT2D eigenvalue weighted by Crippen LogP contribution is -2.40. The summed E-state index contributed by atoms with van der Waals surface area (Å²) in [7, 11) is 1.71. The number of carbonyl (C=O) groups excluding carboxylic acids is 2. The van der Waals surface area contributed by atoms with Gasteiger partial charge in [-0.2, -0.15) is 0 Å². The van der Waals surface area contributed by atoms with Crippen molar-refractivity contribution >= 4 is 33.4 Å². The molecule has 13 nitrogen and oxygen atoms in total. The van der Waals surface area contributed by atoms with Crippen molar-refractivity contribution in [2.24, 2.45) is 5.41 Å². The number of amides is 2. The highest BCUT2D eigenvalue weighted by atomic mass is 32.2. The molecule has 0 saturated heterocycles. The van der Waals surface area contributed by atoms with Crippen molar-refractivity contribution < 1.29 is 27.5 Å². The smallest absolute Gasteiger partial charge is 0.414 e. The molecule has 0 radical (unpaired) electrons. The summed E-state index contributed by atoms with van der Waals surface area (Å²) in [4.78, 5) is 27.9. The molecule has 1 aromatic heterocycles. The molecule has 44 heavy (non-hydrogen) atoms. The fourth-order valence-corrected chi connectivity index (χ4v) is 5.16. The molecule has 14 heteroatoms. The Labute approximate surface area is 259 Å². The van der Waals surface area contributed by atoms with Crippen LogP contribution in [0.25, 0.3) is 5.69 Å². The molecule has 0 aliphatic carbocycles. The van der Waals surface area contributed by atoms with Gasteiger partial charge in [-0.25, -0.2) is 17.9 Å². The fourth-order valence-electron chi connectivity index (χ4n) is 4.61. The number of aromatic nitrogens is 3. The van der Waals surface area contributed by atoms with Gasteiger partial charge < -0.3 is 25.0 Å². The van der Waals surface area contributed by atoms with E-state index < -0.39 is 22.0 Å². The van der Waals surface area contributed by atoms with Crippen LogP contribution in [0.1, 0.15) is 56.1 Å². The molecule has 0 spiro atoms. The largest absolute Gasteiger partial charge is 0.492 e. The zero-order chi connectivity index (χ0) is 33.0. The lowest BCUT2D eigenvalue weighted by atomic mass is 9.86. The Morgan fingerprint density at radius 2 is 1.70 bits per heavy atom. The number of ether oxygens (including phenoxy) is 2. The molecule has 2 aromatic carbocycles. The van der Waals surface area contributed by atoms with Gasteiger partial charge in [-0.1, -0.05) is 51.0 Å². The van der Waals surface area contributed by atoms with Gasteiger partial charge in [-0.15, -0.1) is 0 Å². The second-order valence-corrected chi connectivity index (χ2v) is 14.6. The van der Waals surface area contributed by atoms with Gasteiger partial charge in [0.05, 0.1) is 36.6 Å². The van der Waals surface area contributed by atoms with E-state index in [0.717, 1.165) is 23.9 Å². The molecular weight excluding hydrogens is 586 g/mol. The van der Waals surface area contributed by atoms with Gasteiger partial charge in [0, 0.05) is 18.7 Å². The van der Waals surface area contributed by atoms with Crippen LogP contribution < -0.4 is 24.8 Å². The van der Waals surface area contributed by atoms with Crippen LogP contribution in [0.3, 0.4) is 0 Å². The Morgan fingerprint density at radius 3 is 2.30 bits per heavy atom. The molecule has 0 fully saturated rings. The minimum Gasteiger partial charge on any atom is -0.492 e. The van der Waals surface area contributed by atoms with Crippen molar-refractivity contribution in [2.45, 2.75) is 47.0 Å². The molecular formula is C30H43N7O6S. The van der Waals surface area contributed by atoms with Gasteiger partial charge in [0.2, 0.25) is 10.0 Å². The molecule has 0 saturated carbocycles. The van der Waals surface area contributed by atoms with E-state index in [2.05, 4.69) is 25.7 Å². The predicted molar refractivity (Wildman–Crippen MR) is 171 cm³/mol. The summed E-state index contributed by atoms with van der Waals surface area (Å²) in [5.41, 5.74) is 2.40.